The Hall–Kier alpha value is -0.760. The van der Waals surface area contributed by atoms with Crippen LogP contribution in [0.2, 0.25) is 0 Å². The quantitative estimate of drug-likeness (QED) is 0.365. The Morgan fingerprint density at radius 1 is 1.32 bits per heavy atom. The molecular formula is C16H31IN4O. The number of guanidine groups is 1. The molecule has 2 N–H and O–H groups in total. The molecule has 0 bridgehead atoms. The van der Waals surface area contributed by atoms with Gasteiger partial charge in [-0.25, -0.2) is 0 Å². The number of hydrogen-bond donors (Lipinski definition) is 2. The van der Waals surface area contributed by atoms with Gasteiger partial charge in [0.05, 0.1) is 12.8 Å². The number of halogens is 1. The molecule has 0 saturated carbocycles. The molecule has 0 aliphatic carbocycles. The Morgan fingerprint density at radius 2 is 2.09 bits per heavy atom. The molecule has 1 aromatic heterocycles. The largest absolute Gasteiger partial charge is 0.469 e. The van der Waals surface area contributed by atoms with Crippen LogP contribution >= 0.6 is 24.0 Å². The standard InChI is InChI=1S/C16H30N4O.HI/c1-5-17-16(18-10-9-15-8-7-13-21-15)19-11-12-20(6-2)14(3)4;/h7-8,13-14H,5-6,9-12H2,1-4H3,(H2,17,18,19);1H. The van der Waals surface area contributed by atoms with Crippen molar-refractivity contribution in [2.75, 3.05) is 32.7 Å². The summed E-state index contributed by atoms with van der Waals surface area (Å²) in [7, 11) is 0. The summed E-state index contributed by atoms with van der Waals surface area (Å²) < 4.78 is 5.32. The minimum Gasteiger partial charge on any atom is -0.469 e. The lowest BCUT2D eigenvalue weighted by Gasteiger charge is -2.23. The third kappa shape index (κ3) is 8.63. The van der Waals surface area contributed by atoms with E-state index >= 15 is 0 Å². The fraction of sp³-hybridized carbons (Fsp3) is 0.688. The second-order valence-corrected chi connectivity index (χ2v) is 5.24. The first-order valence-corrected chi connectivity index (χ1v) is 7.96. The number of likely N-dealkylation sites (N-methyl/N-ethyl adjacent to an activating group) is 1. The molecule has 0 spiro atoms. The number of rotatable bonds is 9. The maximum Gasteiger partial charge on any atom is 0.191 e. The number of aliphatic imine (C=N–C) groups is 1. The zero-order chi connectivity index (χ0) is 15.5. The van der Waals surface area contributed by atoms with Crippen molar-refractivity contribution >= 4 is 29.9 Å². The molecule has 0 unspecified atom stereocenters. The first-order chi connectivity index (χ1) is 10.2. The summed E-state index contributed by atoms with van der Waals surface area (Å²) >= 11 is 0. The van der Waals surface area contributed by atoms with Crippen LogP contribution in [0.4, 0.5) is 0 Å². The predicted molar refractivity (Wildman–Crippen MR) is 104 cm³/mol. The van der Waals surface area contributed by atoms with Crippen LogP contribution in [0.1, 0.15) is 33.5 Å². The summed E-state index contributed by atoms with van der Waals surface area (Å²) in [5.41, 5.74) is 0. The van der Waals surface area contributed by atoms with Gasteiger partial charge in [0, 0.05) is 32.1 Å². The van der Waals surface area contributed by atoms with E-state index in [0.717, 1.165) is 50.9 Å². The fourth-order valence-corrected chi connectivity index (χ4v) is 2.17. The van der Waals surface area contributed by atoms with Gasteiger partial charge in [0.25, 0.3) is 0 Å². The highest BCUT2D eigenvalue weighted by atomic mass is 127. The van der Waals surface area contributed by atoms with Crippen LogP contribution in [-0.2, 0) is 6.42 Å². The Balaban J connectivity index is 0.00000441. The van der Waals surface area contributed by atoms with Gasteiger partial charge in [-0.05, 0) is 39.4 Å². The first-order valence-electron chi connectivity index (χ1n) is 7.96. The van der Waals surface area contributed by atoms with Crippen LogP contribution in [0.3, 0.4) is 0 Å². The molecule has 1 heterocycles. The maximum absolute atomic E-state index is 5.32. The molecule has 1 rings (SSSR count). The third-order valence-electron chi connectivity index (χ3n) is 3.38. The third-order valence-corrected chi connectivity index (χ3v) is 3.38. The number of hydrogen-bond acceptors (Lipinski definition) is 3. The molecule has 0 radical (unpaired) electrons. The summed E-state index contributed by atoms with van der Waals surface area (Å²) in [6.07, 6.45) is 2.57. The zero-order valence-corrected chi connectivity index (χ0v) is 16.6. The van der Waals surface area contributed by atoms with Gasteiger partial charge in [0.15, 0.2) is 5.96 Å². The Kier molecular flexibility index (Phi) is 12.3. The summed E-state index contributed by atoms with van der Waals surface area (Å²) in [5, 5.41) is 6.61. The van der Waals surface area contributed by atoms with Gasteiger partial charge in [-0.15, -0.1) is 24.0 Å². The van der Waals surface area contributed by atoms with E-state index in [9.17, 15) is 0 Å². The average Bonchev–Trinajstić information content (AvgIpc) is 2.96. The molecule has 0 fully saturated rings. The van der Waals surface area contributed by atoms with Crippen molar-refractivity contribution < 1.29 is 4.42 Å². The van der Waals surface area contributed by atoms with Gasteiger partial charge in [0.1, 0.15) is 5.76 Å². The molecule has 5 nitrogen and oxygen atoms in total. The second kappa shape index (κ2) is 12.8. The highest BCUT2D eigenvalue weighted by molar-refractivity contribution is 14.0. The number of nitrogens with one attached hydrogen (secondary N) is 2. The molecule has 128 valence electrons. The predicted octanol–water partition coefficient (Wildman–Crippen LogP) is 2.73. The lowest BCUT2D eigenvalue weighted by molar-refractivity contribution is 0.240. The van der Waals surface area contributed by atoms with E-state index in [0.29, 0.717) is 6.04 Å². The van der Waals surface area contributed by atoms with Crippen LogP contribution in [0.25, 0.3) is 0 Å². The summed E-state index contributed by atoms with van der Waals surface area (Å²) in [5.74, 6) is 1.87. The Morgan fingerprint density at radius 3 is 2.64 bits per heavy atom. The van der Waals surface area contributed by atoms with Crippen LogP contribution in [0.15, 0.2) is 27.8 Å². The molecule has 22 heavy (non-hydrogen) atoms. The lowest BCUT2D eigenvalue weighted by Crippen LogP contribution is -2.39. The van der Waals surface area contributed by atoms with Crippen molar-refractivity contribution in [3.8, 4) is 0 Å². The van der Waals surface area contributed by atoms with E-state index in [4.69, 9.17) is 4.42 Å². The molecular weight excluding hydrogens is 391 g/mol. The van der Waals surface area contributed by atoms with E-state index in [-0.39, 0.29) is 24.0 Å². The summed E-state index contributed by atoms with van der Waals surface area (Å²) in [6.45, 7) is 13.3. The molecule has 0 amide bonds. The van der Waals surface area contributed by atoms with Crippen LogP contribution in [-0.4, -0.2) is 49.6 Å². The normalized spacial score (nSPS) is 11.6. The SMILES string of the molecule is CCNC(=NCCN(CC)C(C)C)NCCc1ccco1.I. The van der Waals surface area contributed by atoms with Crippen LogP contribution in [0.5, 0.6) is 0 Å². The zero-order valence-electron chi connectivity index (χ0n) is 14.3. The van der Waals surface area contributed by atoms with Gasteiger partial charge in [0.2, 0.25) is 0 Å². The van der Waals surface area contributed by atoms with Gasteiger partial charge >= 0.3 is 0 Å². The van der Waals surface area contributed by atoms with Crippen molar-refractivity contribution in [3.63, 3.8) is 0 Å². The second-order valence-electron chi connectivity index (χ2n) is 5.24. The summed E-state index contributed by atoms with van der Waals surface area (Å²) in [6, 6.07) is 4.48. The molecule has 0 aromatic carbocycles. The minimum absolute atomic E-state index is 0. The highest BCUT2D eigenvalue weighted by Crippen LogP contribution is 1.99. The Bertz CT molecular complexity index is 393. The van der Waals surface area contributed by atoms with Crippen molar-refractivity contribution in [2.24, 2.45) is 4.99 Å². The van der Waals surface area contributed by atoms with Gasteiger partial charge < -0.3 is 15.1 Å². The van der Waals surface area contributed by atoms with E-state index in [1.807, 2.05) is 12.1 Å². The average molecular weight is 422 g/mol. The van der Waals surface area contributed by atoms with Crippen LogP contribution < -0.4 is 10.6 Å². The van der Waals surface area contributed by atoms with E-state index in [1.165, 1.54) is 0 Å². The van der Waals surface area contributed by atoms with Gasteiger partial charge in [-0.3, -0.25) is 9.89 Å². The van der Waals surface area contributed by atoms with Crippen molar-refractivity contribution in [1.29, 1.82) is 0 Å². The maximum atomic E-state index is 5.32. The first kappa shape index (κ1) is 21.2. The fourth-order valence-electron chi connectivity index (χ4n) is 2.17. The van der Waals surface area contributed by atoms with E-state index in [2.05, 4.69) is 48.2 Å². The molecule has 6 heteroatoms. The highest BCUT2D eigenvalue weighted by Gasteiger charge is 2.06. The lowest BCUT2D eigenvalue weighted by atomic mass is 10.3. The molecule has 0 aliphatic heterocycles. The van der Waals surface area contributed by atoms with E-state index < -0.39 is 0 Å². The van der Waals surface area contributed by atoms with Gasteiger partial charge in [-0.2, -0.15) is 0 Å². The van der Waals surface area contributed by atoms with Crippen LogP contribution in [0, 0.1) is 0 Å². The molecule has 1 aromatic rings. The van der Waals surface area contributed by atoms with Crippen molar-refractivity contribution in [1.82, 2.24) is 15.5 Å². The van der Waals surface area contributed by atoms with E-state index in [1.54, 1.807) is 6.26 Å². The number of nitrogens with zero attached hydrogens (tertiary/aromatic N) is 2. The van der Waals surface area contributed by atoms with Crippen molar-refractivity contribution in [3.05, 3.63) is 24.2 Å². The smallest absolute Gasteiger partial charge is 0.191 e. The van der Waals surface area contributed by atoms with Gasteiger partial charge in [-0.1, -0.05) is 6.92 Å². The minimum atomic E-state index is 0. The van der Waals surface area contributed by atoms with Crippen molar-refractivity contribution in [2.45, 2.75) is 40.2 Å². The summed E-state index contributed by atoms with van der Waals surface area (Å²) in [4.78, 5) is 7.04. The molecule has 0 atom stereocenters. The molecule has 0 aliphatic rings. The topological polar surface area (TPSA) is 52.8 Å². The molecule has 0 saturated heterocycles. The number of furan rings is 1. The monoisotopic (exact) mass is 422 g/mol. The Labute approximate surface area is 152 Å².